The van der Waals surface area contributed by atoms with Crippen LogP contribution in [0.1, 0.15) is 80.6 Å². The molecule has 0 amide bonds. The van der Waals surface area contributed by atoms with Crippen LogP contribution in [0.5, 0.6) is 0 Å². The average Bonchev–Trinajstić information content (AvgIpc) is 1.93. The van der Waals surface area contributed by atoms with Crippen LogP contribution >= 0.6 is 0 Å². The molecule has 4 rings (SSSR count). The zero-order chi connectivity index (χ0) is 12.0. The Morgan fingerprint density at radius 3 is 1.18 bits per heavy atom. The van der Waals surface area contributed by atoms with E-state index in [2.05, 4.69) is 34.6 Å². The molecule has 0 radical (unpaired) electrons. The van der Waals surface area contributed by atoms with Gasteiger partial charge in [-0.05, 0) is 67.1 Å². The molecule has 0 aliphatic heterocycles. The minimum Gasteiger partial charge on any atom is -0.0776 e. The fourth-order valence-electron chi connectivity index (χ4n) is 4.54. The van der Waals surface area contributed by atoms with Crippen LogP contribution in [0.3, 0.4) is 0 Å². The van der Waals surface area contributed by atoms with E-state index < -0.39 is 0 Å². The van der Waals surface area contributed by atoms with E-state index in [4.69, 9.17) is 0 Å². The van der Waals surface area contributed by atoms with E-state index in [1.165, 1.54) is 0 Å². The Balaban J connectivity index is 0.000000212. The maximum Gasteiger partial charge on any atom is -0.0318 e. The van der Waals surface area contributed by atoms with Crippen molar-refractivity contribution in [1.82, 2.24) is 0 Å². The Morgan fingerprint density at radius 1 is 0.765 bits per heavy atom. The van der Waals surface area contributed by atoms with Gasteiger partial charge in [-0.1, -0.05) is 42.0 Å². The van der Waals surface area contributed by atoms with Gasteiger partial charge in [0.2, 0.25) is 0 Å². The summed E-state index contributed by atoms with van der Waals surface area (Å²) in [6.07, 6.45) is 9.48. The van der Waals surface area contributed by atoms with Crippen LogP contribution in [0.4, 0.5) is 0 Å². The Labute approximate surface area is 110 Å². The van der Waals surface area contributed by atoms with E-state index in [0.29, 0.717) is 5.41 Å². The predicted molar refractivity (Wildman–Crippen MR) is 78.1 cm³/mol. The summed E-state index contributed by atoms with van der Waals surface area (Å²) in [6.45, 7) is 11.3. The highest BCUT2D eigenvalue weighted by Gasteiger charge is 2.48. The van der Waals surface area contributed by atoms with Crippen molar-refractivity contribution >= 4 is 0 Å². The van der Waals surface area contributed by atoms with E-state index >= 15 is 0 Å². The van der Waals surface area contributed by atoms with Gasteiger partial charge < -0.3 is 0 Å². The van der Waals surface area contributed by atoms with Gasteiger partial charge in [0.1, 0.15) is 0 Å². The third-order valence-electron chi connectivity index (χ3n) is 4.34. The number of hydrogen-bond donors (Lipinski definition) is 0. The van der Waals surface area contributed by atoms with Gasteiger partial charge in [0.25, 0.3) is 0 Å². The minimum absolute atomic E-state index is 0. The summed E-state index contributed by atoms with van der Waals surface area (Å²) < 4.78 is 0. The molecule has 4 bridgehead atoms. The molecule has 0 aromatic heterocycles. The summed E-state index contributed by atoms with van der Waals surface area (Å²) in [4.78, 5) is 0. The molecule has 4 fully saturated rings. The summed E-state index contributed by atoms with van der Waals surface area (Å²) in [7, 11) is 0. The molecule has 0 aromatic carbocycles. The highest BCUT2D eigenvalue weighted by molar-refractivity contribution is 4.99. The van der Waals surface area contributed by atoms with Gasteiger partial charge in [-0.25, -0.2) is 0 Å². The first-order chi connectivity index (χ1) is 7.23. The van der Waals surface area contributed by atoms with E-state index in [1.807, 2.05) is 0 Å². The third-order valence-corrected chi connectivity index (χ3v) is 4.34. The molecule has 0 atom stereocenters. The first-order valence-electron chi connectivity index (χ1n) is 7.23. The normalized spacial score (nSPS) is 42.5. The van der Waals surface area contributed by atoms with E-state index in [0.717, 1.165) is 23.2 Å². The zero-order valence-corrected chi connectivity index (χ0v) is 12.0. The molecule has 0 heterocycles. The average molecular weight is 238 g/mol. The lowest BCUT2D eigenvalue weighted by Gasteiger charge is -2.55. The SMILES string of the molecule is C.CC(C)(C)C.CC12CC3CC(CC(C3)C1)C2. The molecule has 4 aliphatic rings. The van der Waals surface area contributed by atoms with Crippen LogP contribution in [0.2, 0.25) is 0 Å². The molecule has 0 spiro atoms. The standard InChI is InChI=1S/C11H18.C5H12.CH4/c1-11-5-8-2-9(6-11)4-10(3-8)7-11;1-5(2,3)4;/h8-10H,2-7H2,1H3;1-4H3;1H4. The molecule has 4 saturated carbocycles. The third kappa shape index (κ3) is 4.30. The first kappa shape index (κ1) is 15.1. The lowest BCUT2D eigenvalue weighted by Crippen LogP contribution is -2.44. The van der Waals surface area contributed by atoms with E-state index in [9.17, 15) is 0 Å². The maximum atomic E-state index is 2.54. The molecule has 0 N–H and O–H groups in total. The first-order valence-corrected chi connectivity index (χ1v) is 7.23. The lowest BCUT2D eigenvalue weighted by molar-refractivity contribution is -0.0411. The molecular formula is C17H34. The topological polar surface area (TPSA) is 0 Å². The van der Waals surface area contributed by atoms with Gasteiger partial charge in [0.05, 0.1) is 0 Å². The summed E-state index contributed by atoms with van der Waals surface area (Å²) in [6, 6.07) is 0. The van der Waals surface area contributed by atoms with Crippen LogP contribution in [-0.4, -0.2) is 0 Å². The molecule has 0 heteroatoms. The van der Waals surface area contributed by atoms with Crippen molar-refractivity contribution < 1.29 is 0 Å². The number of hydrogen-bond acceptors (Lipinski definition) is 0. The smallest absolute Gasteiger partial charge is 0.0318 e. The summed E-state index contributed by atoms with van der Waals surface area (Å²) >= 11 is 0. The second kappa shape index (κ2) is 4.94. The van der Waals surface area contributed by atoms with Crippen molar-refractivity contribution in [1.29, 1.82) is 0 Å². The van der Waals surface area contributed by atoms with E-state index in [-0.39, 0.29) is 7.43 Å². The summed E-state index contributed by atoms with van der Waals surface area (Å²) in [5, 5.41) is 0. The van der Waals surface area contributed by atoms with Gasteiger partial charge in [0, 0.05) is 0 Å². The molecule has 102 valence electrons. The van der Waals surface area contributed by atoms with E-state index in [1.54, 1.807) is 38.5 Å². The van der Waals surface area contributed by atoms with Crippen molar-refractivity contribution in [3.63, 3.8) is 0 Å². The highest BCUT2D eigenvalue weighted by atomic mass is 14.5. The molecule has 0 nitrogen and oxygen atoms in total. The van der Waals surface area contributed by atoms with Crippen LogP contribution in [0.25, 0.3) is 0 Å². The van der Waals surface area contributed by atoms with Gasteiger partial charge in [0.15, 0.2) is 0 Å². The van der Waals surface area contributed by atoms with Crippen LogP contribution < -0.4 is 0 Å². The monoisotopic (exact) mass is 238 g/mol. The second-order valence-corrected chi connectivity index (χ2v) is 8.73. The van der Waals surface area contributed by atoms with Crippen molar-refractivity contribution in [2.45, 2.75) is 80.6 Å². The number of rotatable bonds is 0. The molecule has 17 heavy (non-hydrogen) atoms. The molecule has 0 saturated heterocycles. The van der Waals surface area contributed by atoms with Crippen LogP contribution in [0.15, 0.2) is 0 Å². The second-order valence-electron chi connectivity index (χ2n) is 8.73. The summed E-state index contributed by atoms with van der Waals surface area (Å²) in [5.74, 6) is 3.43. The molecular weight excluding hydrogens is 204 g/mol. The fourth-order valence-corrected chi connectivity index (χ4v) is 4.54. The fraction of sp³-hybridized carbons (Fsp3) is 1.00. The molecule has 0 unspecified atom stereocenters. The minimum atomic E-state index is 0. The zero-order valence-electron chi connectivity index (χ0n) is 12.0. The van der Waals surface area contributed by atoms with Gasteiger partial charge in [-0.2, -0.15) is 0 Å². The highest BCUT2D eigenvalue weighted by Crippen LogP contribution is 2.59. The Morgan fingerprint density at radius 2 is 1.00 bits per heavy atom. The Kier molecular flexibility index (Phi) is 4.37. The van der Waals surface area contributed by atoms with Crippen molar-refractivity contribution in [2.75, 3.05) is 0 Å². The van der Waals surface area contributed by atoms with Crippen molar-refractivity contribution in [3.05, 3.63) is 0 Å². The maximum absolute atomic E-state index is 2.54. The van der Waals surface area contributed by atoms with Gasteiger partial charge in [-0.15, -0.1) is 0 Å². The largest absolute Gasteiger partial charge is 0.0776 e. The lowest BCUT2D eigenvalue weighted by atomic mass is 9.50. The Bertz CT molecular complexity index is 202. The molecule has 4 aliphatic carbocycles. The van der Waals surface area contributed by atoms with Crippen molar-refractivity contribution in [3.8, 4) is 0 Å². The quantitative estimate of drug-likeness (QED) is 0.492. The van der Waals surface area contributed by atoms with Crippen LogP contribution in [0, 0.1) is 28.6 Å². The predicted octanol–water partition coefficient (Wildman–Crippen LogP) is 5.91. The molecule has 0 aromatic rings. The summed E-state index contributed by atoms with van der Waals surface area (Å²) in [5.41, 5.74) is 1.30. The van der Waals surface area contributed by atoms with Gasteiger partial charge >= 0.3 is 0 Å². The Hall–Kier alpha value is 0. The van der Waals surface area contributed by atoms with Crippen molar-refractivity contribution in [2.24, 2.45) is 28.6 Å². The van der Waals surface area contributed by atoms with Crippen LogP contribution in [-0.2, 0) is 0 Å². The van der Waals surface area contributed by atoms with Gasteiger partial charge in [-0.3, -0.25) is 0 Å².